The van der Waals surface area contributed by atoms with Crippen molar-refractivity contribution in [3.63, 3.8) is 0 Å². The molecular weight excluding hydrogens is 399 g/mol. The molecule has 6 nitrogen and oxygen atoms in total. The van der Waals surface area contributed by atoms with Gasteiger partial charge in [0.05, 0.1) is 5.92 Å². The lowest BCUT2D eigenvalue weighted by atomic mass is 10.1. The smallest absolute Gasteiger partial charge is 0.406 e. The predicted octanol–water partition coefficient (Wildman–Crippen LogP) is 4.51. The van der Waals surface area contributed by atoms with Gasteiger partial charge in [-0.2, -0.15) is 0 Å². The van der Waals surface area contributed by atoms with Crippen molar-refractivity contribution in [2.24, 2.45) is 11.8 Å². The number of carbonyl (C=O) groups is 2. The van der Waals surface area contributed by atoms with Gasteiger partial charge in [0.15, 0.2) is 0 Å². The third-order valence-electron chi connectivity index (χ3n) is 4.79. The molecule has 0 spiro atoms. The summed E-state index contributed by atoms with van der Waals surface area (Å²) in [7, 11) is 0. The number of amides is 2. The standard InChI is InChI=1S/C21H18F3N3O3/c1-11-8-16(11)20(29)27-18-10-14(9-17(25-18)26-19(28)13-2-3-13)12-4-6-15(7-5-12)30-21(22,23)24/h4-10,13,16H,2-3H2,1H3,(H2,25,26,27,28,29). The molecule has 9 heteroatoms. The highest BCUT2D eigenvalue weighted by Gasteiger charge is 2.32. The summed E-state index contributed by atoms with van der Waals surface area (Å²) in [6.07, 6.45) is -1.32. The van der Waals surface area contributed by atoms with Crippen molar-refractivity contribution in [2.75, 3.05) is 10.6 Å². The van der Waals surface area contributed by atoms with Gasteiger partial charge in [0, 0.05) is 5.92 Å². The maximum atomic E-state index is 12.4. The van der Waals surface area contributed by atoms with Crippen LogP contribution in [0.4, 0.5) is 24.8 Å². The Balaban J connectivity index is 1.59. The lowest BCUT2D eigenvalue weighted by molar-refractivity contribution is -0.274. The van der Waals surface area contributed by atoms with Crippen LogP contribution in [0.1, 0.15) is 19.8 Å². The van der Waals surface area contributed by atoms with E-state index < -0.39 is 6.36 Å². The molecule has 4 rings (SSSR count). The molecule has 0 radical (unpaired) electrons. The number of rotatable bonds is 6. The number of anilines is 2. The Bertz CT molecular complexity index is 1030. The molecule has 30 heavy (non-hydrogen) atoms. The van der Waals surface area contributed by atoms with Crippen LogP contribution in [0, 0.1) is 11.8 Å². The number of pyridine rings is 1. The van der Waals surface area contributed by atoms with Gasteiger partial charge in [0.1, 0.15) is 17.4 Å². The van der Waals surface area contributed by atoms with Crippen molar-refractivity contribution in [3.05, 3.63) is 48.0 Å². The highest BCUT2D eigenvalue weighted by atomic mass is 19.4. The molecule has 1 saturated carbocycles. The van der Waals surface area contributed by atoms with Gasteiger partial charge in [0.2, 0.25) is 11.8 Å². The van der Waals surface area contributed by atoms with Gasteiger partial charge in [0.25, 0.3) is 0 Å². The molecule has 1 aromatic heterocycles. The zero-order valence-electron chi connectivity index (χ0n) is 15.9. The van der Waals surface area contributed by atoms with Crippen molar-refractivity contribution < 1.29 is 27.5 Å². The van der Waals surface area contributed by atoms with E-state index in [0.29, 0.717) is 11.1 Å². The molecule has 0 bridgehead atoms. The van der Waals surface area contributed by atoms with Crippen molar-refractivity contribution in [3.8, 4) is 16.9 Å². The SMILES string of the molecule is CC1=CC1C(=O)Nc1cc(-c2ccc(OC(F)(F)F)cc2)cc(NC(=O)C2CC2)n1. The van der Waals surface area contributed by atoms with Crippen LogP contribution in [0.2, 0.25) is 0 Å². The van der Waals surface area contributed by atoms with Gasteiger partial charge in [-0.1, -0.05) is 23.8 Å². The van der Waals surface area contributed by atoms with Crippen LogP contribution < -0.4 is 15.4 Å². The summed E-state index contributed by atoms with van der Waals surface area (Å²) in [6.45, 7) is 1.85. The van der Waals surface area contributed by atoms with Crippen molar-refractivity contribution in [1.29, 1.82) is 0 Å². The van der Waals surface area contributed by atoms with Crippen LogP contribution in [-0.2, 0) is 9.59 Å². The first-order valence-electron chi connectivity index (χ1n) is 9.36. The minimum absolute atomic E-state index is 0.0365. The monoisotopic (exact) mass is 417 g/mol. The molecule has 2 N–H and O–H groups in total. The van der Waals surface area contributed by atoms with E-state index in [2.05, 4.69) is 20.4 Å². The number of carbonyl (C=O) groups excluding carboxylic acids is 2. The number of alkyl halides is 3. The van der Waals surface area contributed by atoms with E-state index in [9.17, 15) is 22.8 Å². The lowest BCUT2D eigenvalue weighted by Crippen LogP contribution is -2.18. The molecule has 2 aromatic rings. The number of nitrogens with one attached hydrogen (secondary N) is 2. The van der Waals surface area contributed by atoms with Crippen LogP contribution in [0.5, 0.6) is 5.75 Å². The third kappa shape index (κ3) is 4.97. The van der Waals surface area contributed by atoms with Crippen LogP contribution in [0.3, 0.4) is 0 Å². The van der Waals surface area contributed by atoms with E-state index in [4.69, 9.17) is 0 Å². The zero-order chi connectivity index (χ0) is 21.5. The topological polar surface area (TPSA) is 80.3 Å². The third-order valence-corrected chi connectivity index (χ3v) is 4.79. The first kappa shape index (κ1) is 19.9. The van der Waals surface area contributed by atoms with Gasteiger partial charge < -0.3 is 15.4 Å². The van der Waals surface area contributed by atoms with Gasteiger partial charge in [-0.15, -0.1) is 13.2 Å². The Hall–Kier alpha value is -3.36. The maximum Gasteiger partial charge on any atom is 0.573 e. The summed E-state index contributed by atoms with van der Waals surface area (Å²) in [5.41, 5.74) is 2.11. The van der Waals surface area contributed by atoms with Crippen molar-refractivity contribution in [1.82, 2.24) is 4.98 Å². The van der Waals surface area contributed by atoms with E-state index in [1.54, 1.807) is 12.1 Å². The fourth-order valence-corrected chi connectivity index (χ4v) is 2.95. The molecule has 1 atom stereocenters. The lowest BCUT2D eigenvalue weighted by Gasteiger charge is -2.12. The summed E-state index contributed by atoms with van der Waals surface area (Å²) >= 11 is 0. The number of hydrogen-bond acceptors (Lipinski definition) is 4. The normalized spacial score (nSPS) is 17.7. The number of benzene rings is 1. The summed E-state index contributed by atoms with van der Waals surface area (Å²) in [4.78, 5) is 28.7. The zero-order valence-corrected chi connectivity index (χ0v) is 15.9. The average Bonchev–Trinajstić information content (AvgIpc) is 3.56. The molecule has 1 heterocycles. The molecule has 0 aliphatic heterocycles. The molecule has 2 aliphatic carbocycles. The Morgan fingerprint density at radius 3 is 2.07 bits per heavy atom. The van der Waals surface area contributed by atoms with Crippen LogP contribution in [0.25, 0.3) is 11.1 Å². The first-order chi connectivity index (χ1) is 14.2. The summed E-state index contributed by atoms with van der Waals surface area (Å²) < 4.78 is 41.0. The summed E-state index contributed by atoms with van der Waals surface area (Å²) in [6, 6.07) is 8.52. The first-order valence-corrected chi connectivity index (χ1v) is 9.36. The van der Waals surface area contributed by atoms with Gasteiger partial charge >= 0.3 is 6.36 Å². The van der Waals surface area contributed by atoms with E-state index in [-0.39, 0.29) is 41.0 Å². The molecule has 2 amide bonds. The predicted molar refractivity (Wildman–Crippen MR) is 104 cm³/mol. The van der Waals surface area contributed by atoms with E-state index >= 15 is 0 Å². The van der Waals surface area contributed by atoms with Gasteiger partial charge in [-0.3, -0.25) is 9.59 Å². The van der Waals surface area contributed by atoms with Crippen molar-refractivity contribution in [2.45, 2.75) is 26.1 Å². The number of hydrogen-bond donors (Lipinski definition) is 2. The molecule has 1 aromatic carbocycles. The summed E-state index contributed by atoms with van der Waals surface area (Å²) in [5.74, 6) is -0.519. The van der Waals surface area contributed by atoms with E-state index in [0.717, 1.165) is 18.4 Å². The molecular formula is C21H18F3N3O3. The largest absolute Gasteiger partial charge is 0.573 e. The minimum atomic E-state index is -4.77. The van der Waals surface area contributed by atoms with Gasteiger partial charge in [-0.05, 0) is 55.2 Å². The highest BCUT2D eigenvalue weighted by Crippen LogP contribution is 2.33. The quantitative estimate of drug-likeness (QED) is 0.678. The Labute approximate surface area is 170 Å². The summed E-state index contributed by atoms with van der Waals surface area (Å²) in [5, 5.41) is 5.45. The number of aromatic nitrogens is 1. The van der Waals surface area contributed by atoms with E-state index in [1.807, 2.05) is 13.0 Å². The fourth-order valence-electron chi connectivity index (χ4n) is 2.95. The molecule has 2 aliphatic rings. The Morgan fingerprint density at radius 1 is 1.00 bits per heavy atom. The fraction of sp³-hybridized carbons (Fsp3) is 0.286. The maximum absolute atomic E-state index is 12.4. The van der Waals surface area contributed by atoms with Crippen LogP contribution in [-0.4, -0.2) is 23.2 Å². The highest BCUT2D eigenvalue weighted by molar-refractivity contribution is 5.99. The van der Waals surface area contributed by atoms with Crippen molar-refractivity contribution >= 4 is 23.5 Å². The molecule has 1 fully saturated rings. The second kappa shape index (κ2) is 7.47. The molecule has 0 saturated heterocycles. The second-order valence-electron chi connectivity index (χ2n) is 7.34. The Morgan fingerprint density at radius 2 is 1.57 bits per heavy atom. The Kier molecular flexibility index (Phi) is 4.97. The number of ether oxygens (including phenoxy) is 1. The van der Waals surface area contributed by atoms with Crippen LogP contribution in [0.15, 0.2) is 48.0 Å². The molecule has 156 valence electrons. The average molecular weight is 417 g/mol. The minimum Gasteiger partial charge on any atom is -0.406 e. The molecule has 1 unspecified atom stereocenters. The number of halogens is 3. The van der Waals surface area contributed by atoms with Crippen LogP contribution >= 0.6 is 0 Å². The second-order valence-corrected chi connectivity index (χ2v) is 7.34. The van der Waals surface area contributed by atoms with Gasteiger partial charge in [-0.25, -0.2) is 4.98 Å². The van der Waals surface area contributed by atoms with E-state index in [1.165, 1.54) is 24.3 Å². The number of nitrogens with zero attached hydrogens (tertiary/aromatic N) is 1.